The molecule has 0 atom stereocenters. The van der Waals surface area contributed by atoms with Gasteiger partial charge in [0.25, 0.3) is 0 Å². The molecule has 0 saturated heterocycles. The number of hydrogen-bond acceptors (Lipinski definition) is 4. The molecular weight excluding hydrogens is 244 g/mol. The molecule has 1 aromatic carbocycles. The second-order valence-electron chi connectivity index (χ2n) is 4.07. The van der Waals surface area contributed by atoms with E-state index in [0.29, 0.717) is 6.61 Å². The molecule has 0 bridgehead atoms. The van der Waals surface area contributed by atoms with Crippen molar-refractivity contribution in [3.8, 4) is 5.75 Å². The molecule has 2 aromatic rings. The Morgan fingerprint density at radius 2 is 2.22 bits per heavy atom. The maximum atomic E-state index is 5.48. The minimum atomic E-state index is 0.704. The Labute approximate surface area is 112 Å². The summed E-state index contributed by atoms with van der Waals surface area (Å²) < 4.78 is 5.48. The van der Waals surface area contributed by atoms with Gasteiger partial charge in [-0.2, -0.15) is 0 Å². The summed E-state index contributed by atoms with van der Waals surface area (Å²) in [4.78, 5) is 4.42. The molecule has 0 radical (unpaired) electrons. The standard InChI is InChI=1S/C14H18N2OS/c1-3-17-13-6-4-5-12(7-13)8-15-9-14-16-11(2)10-18-14/h4-7,10,15H,3,8-9H2,1-2H3. The van der Waals surface area contributed by atoms with Gasteiger partial charge in [0.05, 0.1) is 6.61 Å². The second kappa shape index (κ2) is 6.52. The van der Waals surface area contributed by atoms with Crippen molar-refractivity contribution in [3.05, 3.63) is 45.9 Å². The van der Waals surface area contributed by atoms with Gasteiger partial charge in [-0.1, -0.05) is 12.1 Å². The Morgan fingerprint density at radius 1 is 1.33 bits per heavy atom. The van der Waals surface area contributed by atoms with Crippen LogP contribution in [0.4, 0.5) is 0 Å². The summed E-state index contributed by atoms with van der Waals surface area (Å²) in [5.41, 5.74) is 2.32. The van der Waals surface area contributed by atoms with Gasteiger partial charge in [-0.25, -0.2) is 4.98 Å². The van der Waals surface area contributed by atoms with Crippen molar-refractivity contribution in [2.75, 3.05) is 6.61 Å². The van der Waals surface area contributed by atoms with Crippen LogP contribution in [-0.2, 0) is 13.1 Å². The summed E-state index contributed by atoms with van der Waals surface area (Å²) in [6.07, 6.45) is 0. The smallest absolute Gasteiger partial charge is 0.119 e. The fraction of sp³-hybridized carbons (Fsp3) is 0.357. The maximum absolute atomic E-state index is 5.48. The summed E-state index contributed by atoms with van der Waals surface area (Å²) in [7, 11) is 0. The topological polar surface area (TPSA) is 34.1 Å². The van der Waals surface area contributed by atoms with Crippen LogP contribution in [0.25, 0.3) is 0 Å². The number of benzene rings is 1. The highest BCUT2D eigenvalue weighted by Gasteiger charge is 1.99. The van der Waals surface area contributed by atoms with E-state index in [0.717, 1.165) is 29.5 Å². The average molecular weight is 262 g/mol. The maximum Gasteiger partial charge on any atom is 0.119 e. The Bertz CT molecular complexity index is 496. The minimum absolute atomic E-state index is 0.704. The first-order chi connectivity index (χ1) is 8.78. The van der Waals surface area contributed by atoms with E-state index < -0.39 is 0 Å². The van der Waals surface area contributed by atoms with Crippen LogP contribution in [0.5, 0.6) is 5.75 Å². The van der Waals surface area contributed by atoms with Gasteiger partial charge in [0.1, 0.15) is 10.8 Å². The van der Waals surface area contributed by atoms with Crippen molar-refractivity contribution in [2.45, 2.75) is 26.9 Å². The van der Waals surface area contributed by atoms with Crippen LogP contribution in [0.15, 0.2) is 29.6 Å². The lowest BCUT2D eigenvalue weighted by atomic mass is 10.2. The third kappa shape index (κ3) is 3.82. The zero-order valence-electron chi connectivity index (χ0n) is 10.8. The van der Waals surface area contributed by atoms with Gasteiger partial charge in [0, 0.05) is 24.2 Å². The number of aryl methyl sites for hydroxylation is 1. The highest BCUT2D eigenvalue weighted by molar-refractivity contribution is 7.09. The normalized spacial score (nSPS) is 10.6. The first kappa shape index (κ1) is 13.1. The molecule has 0 aliphatic heterocycles. The van der Waals surface area contributed by atoms with E-state index in [4.69, 9.17) is 4.74 Å². The predicted molar refractivity (Wildman–Crippen MR) is 75.0 cm³/mol. The van der Waals surface area contributed by atoms with Crippen molar-refractivity contribution in [1.29, 1.82) is 0 Å². The van der Waals surface area contributed by atoms with Crippen molar-refractivity contribution in [3.63, 3.8) is 0 Å². The molecule has 0 fully saturated rings. The molecule has 1 aromatic heterocycles. The third-order valence-electron chi connectivity index (χ3n) is 2.48. The molecular formula is C14H18N2OS. The molecule has 0 amide bonds. The minimum Gasteiger partial charge on any atom is -0.494 e. The Hall–Kier alpha value is -1.39. The van der Waals surface area contributed by atoms with Crippen LogP contribution in [0.2, 0.25) is 0 Å². The highest BCUT2D eigenvalue weighted by Crippen LogP contribution is 2.13. The molecule has 0 unspecified atom stereocenters. The summed E-state index contributed by atoms with van der Waals surface area (Å²) in [5, 5.41) is 6.60. The fourth-order valence-electron chi connectivity index (χ4n) is 1.71. The molecule has 0 aliphatic rings. The van der Waals surface area contributed by atoms with E-state index in [1.54, 1.807) is 11.3 Å². The van der Waals surface area contributed by atoms with Gasteiger partial charge in [-0.05, 0) is 31.5 Å². The predicted octanol–water partition coefficient (Wildman–Crippen LogP) is 3.14. The van der Waals surface area contributed by atoms with Gasteiger partial charge in [-0.15, -0.1) is 11.3 Å². The molecule has 1 heterocycles. The number of ether oxygens (including phenoxy) is 1. The van der Waals surface area contributed by atoms with Crippen molar-refractivity contribution in [2.24, 2.45) is 0 Å². The van der Waals surface area contributed by atoms with Crippen LogP contribution < -0.4 is 10.1 Å². The number of thiazole rings is 1. The lowest BCUT2D eigenvalue weighted by Crippen LogP contribution is -2.12. The van der Waals surface area contributed by atoms with Gasteiger partial charge in [0.2, 0.25) is 0 Å². The summed E-state index contributed by atoms with van der Waals surface area (Å²) in [6, 6.07) is 8.18. The van der Waals surface area contributed by atoms with Crippen LogP contribution in [0.3, 0.4) is 0 Å². The summed E-state index contributed by atoms with van der Waals surface area (Å²) in [6.45, 7) is 6.37. The van der Waals surface area contributed by atoms with Gasteiger partial charge < -0.3 is 10.1 Å². The first-order valence-corrected chi connectivity index (χ1v) is 6.99. The van der Waals surface area contributed by atoms with Gasteiger partial charge in [-0.3, -0.25) is 0 Å². The summed E-state index contributed by atoms with van der Waals surface area (Å²) in [5.74, 6) is 0.932. The quantitative estimate of drug-likeness (QED) is 0.868. The molecule has 1 N–H and O–H groups in total. The third-order valence-corrected chi connectivity index (χ3v) is 3.45. The number of nitrogens with zero attached hydrogens (tertiary/aromatic N) is 1. The molecule has 2 rings (SSSR count). The molecule has 3 nitrogen and oxygen atoms in total. The van der Waals surface area contributed by atoms with E-state index >= 15 is 0 Å². The molecule has 0 saturated carbocycles. The van der Waals surface area contributed by atoms with E-state index in [9.17, 15) is 0 Å². The van der Waals surface area contributed by atoms with Crippen molar-refractivity contribution < 1.29 is 4.74 Å². The largest absolute Gasteiger partial charge is 0.494 e. The second-order valence-corrected chi connectivity index (χ2v) is 5.01. The lowest BCUT2D eigenvalue weighted by Gasteiger charge is -2.06. The van der Waals surface area contributed by atoms with E-state index in [2.05, 4.69) is 27.8 Å². The molecule has 0 spiro atoms. The Balaban J connectivity index is 1.84. The molecule has 18 heavy (non-hydrogen) atoms. The number of aromatic nitrogens is 1. The zero-order valence-corrected chi connectivity index (χ0v) is 11.6. The number of nitrogens with one attached hydrogen (secondary N) is 1. The SMILES string of the molecule is CCOc1cccc(CNCc2nc(C)cs2)c1. The van der Waals surface area contributed by atoms with Crippen LogP contribution in [0.1, 0.15) is 23.2 Å². The van der Waals surface area contributed by atoms with Crippen molar-refractivity contribution >= 4 is 11.3 Å². The number of hydrogen-bond donors (Lipinski definition) is 1. The molecule has 0 aliphatic carbocycles. The van der Waals surface area contributed by atoms with E-state index in [1.165, 1.54) is 5.56 Å². The fourth-order valence-corrected chi connectivity index (χ4v) is 2.45. The van der Waals surface area contributed by atoms with Crippen molar-refractivity contribution in [1.82, 2.24) is 10.3 Å². The van der Waals surface area contributed by atoms with E-state index in [-0.39, 0.29) is 0 Å². The Morgan fingerprint density at radius 3 is 2.94 bits per heavy atom. The van der Waals surface area contributed by atoms with Crippen LogP contribution in [0, 0.1) is 6.92 Å². The van der Waals surface area contributed by atoms with Gasteiger partial charge in [0.15, 0.2) is 0 Å². The summed E-state index contributed by atoms with van der Waals surface area (Å²) >= 11 is 1.70. The Kier molecular flexibility index (Phi) is 4.73. The van der Waals surface area contributed by atoms with Gasteiger partial charge >= 0.3 is 0 Å². The average Bonchev–Trinajstić information content (AvgIpc) is 2.76. The van der Waals surface area contributed by atoms with Crippen LogP contribution >= 0.6 is 11.3 Å². The van der Waals surface area contributed by atoms with E-state index in [1.807, 2.05) is 26.0 Å². The zero-order chi connectivity index (χ0) is 12.8. The first-order valence-electron chi connectivity index (χ1n) is 6.11. The molecule has 96 valence electrons. The van der Waals surface area contributed by atoms with Crippen LogP contribution in [-0.4, -0.2) is 11.6 Å². The lowest BCUT2D eigenvalue weighted by molar-refractivity contribution is 0.340. The number of rotatable bonds is 6. The highest BCUT2D eigenvalue weighted by atomic mass is 32.1. The molecule has 4 heteroatoms. The monoisotopic (exact) mass is 262 g/mol.